The minimum absolute atomic E-state index is 0.467. The van der Waals surface area contributed by atoms with Crippen LogP contribution in [-0.2, 0) is 0 Å². The molecular formula is C27H43N3O. The van der Waals surface area contributed by atoms with Crippen LogP contribution in [0, 0.1) is 13.8 Å². The molecule has 4 heteroatoms. The van der Waals surface area contributed by atoms with Gasteiger partial charge in [-0.2, -0.15) is 4.73 Å². The molecule has 0 aliphatic rings. The number of likely N-dealkylation sites (N-methyl/N-ethyl adjacent to an activating group) is 1. The lowest BCUT2D eigenvalue weighted by atomic mass is 10.1. The Morgan fingerprint density at radius 2 is 1.77 bits per heavy atom. The zero-order valence-corrected chi connectivity index (χ0v) is 21.1. The third-order valence-electron chi connectivity index (χ3n) is 4.90. The van der Waals surface area contributed by atoms with E-state index >= 15 is 0 Å². The summed E-state index contributed by atoms with van der Waals surface area (Å²) in [6.45, 7) is 20.4. The van der Waals surface area contributed by atoms with Crippen LogP contribution in [0.1, 0.15) is 71.1 Å². The number of aliphatic imine (C=N–C) groups is 1. The predicted molar refractivity (Wildman–Crippen MR) is 137 cm³/mol. The first kappa shape index (κ1) is 28.2. The second-order valence-corrected chi connectivity index (χ2v) is 7.42. The Balaban J connectivity index is 0.000000570. The molecule has 1 aromatic carbocycles. The van der Waals surface area contributed by atoms with Gasteiger partial charge in [-0.15, -0.1) is 0 Å². The summed E-state index contributed by atoms with van der Waals surface area (Å²) < 4.78 is 1.05. The quantitative estimate of drug-likeness (QED) is 0.280. The second kappa shape index (κ2) is 15.1. The number of nitrogens with zero attached hydrogens (tertiary/aromatic N) is 3. The molecule has 0 radical (unpaired) electrons. The molecule has 0 saturated carbocycles. The number of rotatable bonds is 7. The van der Waals surface area contributed by atoms with Crippen molar-refractivity contribution in [3.63, 3.8) is 0 Å². The van der Waals surface area contributed by atoms with Crippen LogP contribution in [0.15, 0.2) is 65.9 Å². The van der Waals surface area contributed by atoms with Crippen LogP contribution in [0.25, 0.3) is 0 Å². The lowest BCUT2D eigenvalue weighted by molar-refractivity contribution is 0.192. The van der Waals surface area contributed by atoms with Crippen LogP contribution < -0.4 is 0 Å². The molecule has 0 aliphatic heterocycles. The van der Waals surface area contributed by atoms with Crippen molar-refractivity contribution in [3.8, 4) is 0 Å². The van der Waals surface area contributed by atoms with Gasteiger partial charge in [-0.1, -0.05) is 75.8 Å². The molecule has 1 heterocycles. The SMILES string of the molecule is C/C(=N\c1c(C)ccn1O)c1ccc(C)cc1.C=C(CCC)N(C)C(C)/C=C\C.CC. The van der Waals surface area contributed by atoms with Crippen LogP contribution in [0.4, 0.5) is 5.82 Å². The Hall–Kier alpha value is -2.75. The number of aryl methyl sites for hydroxylation is 2. The maximum absolute atomic E-state index is 9.58. The Kier molecular flexibility index (Phi) is 13.8. The molecule has 2 rings (SSSR count). The number of hydrogen-bond donors (Lipinski definition) is 1. The van der Waals surface area contributed by atoms with Crippen molar-refractivity contribution in [1.82, 2.24) is 9.63 Å². The first-order valence-electron chi connectivity index (χ1n) is 11.2. The summed E-state index contributed by atoms with van der Waals surface area (Å²) >= 11 is 0. The topological polar surface area (TPSA) is 40.8 Å². The highest BCUT2D eigenvalue weighted by molar-refractivity contribution is 6.00. The van der Waals surface area contributed by atoms with Gasteiger partial charge in [0.1, 0.15) is 0 Å². The van der Waals surface area contributed by atoms with Gasteiger partial charge in [0.15, 0.2) is 5.82 Å². The molecule has 1 aromatic heterocycles. The number of hydrogen-bond acceptors (Lipinski definition) is 3. The Morgan fingerprint density at radius 1 is 1.19 bits per heavy atom. The summed E-state index contributed by atoms with van der Waals surface area (Å²) in [5, 5.41) is 9.58. The van der Waals surface area contributed by atoms with Crippen molar-refractivity contribution >= 4 is 11.5 Å². The molecular weight excluding hydrogens is 382 g/mol. The van der Waals surface area contributed by atoms with Crippen molar-refractivity contribution in [2.24, 2.45) is 4.99 Å². The summed E-state index contributed by atoms with van der Waals surface area (Å²) in [7, 11) is 2.10. The average Bonchev–Trinajstić information content (AvgIpc) is 3.08. The fraction of sp³-hybridized carbons (Fsp3) is 0.444. The molecule has 1 atom stereocenters. The van der Waals surface area contributed by atoms with Crippen molar-refractivity contribution in [3.05, 3.63) is 77.6 Å². The molecule has 172 valence electrons. The van der Waals surface area contributed by atoms with Gasteiger partial charge in [-0.05, 0) is 58.2 Å². The maximum atomic E-state index is 9.58. The van der Waals surface area contributed by atoms with Crippen LogP contribution >= 0.6 is 0 Å². The normalized spacial score (nSPS) is 11.8. The van der Waals surface area contributed by atoms with Crippen molar-refractivity contribution in [2.75, 3.05) is 7.05 Å². The largest absolute Gasteiger partial charge is 0.427 e. The van der Waals surface area contributed by atoms with Crippen LogP contribution in [0.5, 0.6) is 0 Å². The lowest BCUT2D eigenvalue weighted by Crippen LogP contribution is -2.25. The summed E-state index contributed by atoms with van der Waals surface area (Å²) in [6.07, 6.45) is 8.13. The van der Waals surface area contributed by atoms with Gasteiger partial charge in [-0.25, -0.2) is 4.99 Å². The van der Waals surface area contributed by atoms with Gasteiger partial charge in [0, 0.05) is 30.7 Å². The third kappa shape index (κ3) is 9.73. The number of benzene rings is 1. The fourth-order valence-electron chi connectivity index (χ4n) is 2.83. The molecule has 0 fully saturated rings. The summed E-state index contributed by atoms with van der Waals surface area (Å²) in [5.74, 6) is 0.586. The highest BCUT2D eigenvalue weighted by Gasteiger charge is 2.06. The molecule has 4 nitrogen and oxygen atoms in total. The highest BCUT2D eigenvalue weighted by atomic mass is 16.5. The average molecular weight is 426 g/mol. The van der Waals surface area contributed by atoms with E-state index in [1.807, 2.05) is 52.8 Å². The Morgan fingerprint density at radius 3 is 2.23 bits per heavy atom. The van der Waals surface area contributed by atoms with Crippen LogP contribution in [-0.4, -0.2) is 33.6 Å². The predicted octanol–water partition coefficient (Wildman–Crippen LogP) is 7.71. The Bertz CT molecular complexity index is 809. The Labute approximate surface area is 190 Å². The van der Waals surface area contributed by atoms with E-state index < -0.39 is 0 Å². The zero-order valence-electron chi connectivity index (χ0n) is 21.1. The maximum Gasteiger partial charge on any atom is 0.171 e. The van der Waals surface area contributed by atoms with Gasteiger partial charge < -0.3 is 10.1 Å². The molecule has 31 heavy (non-hydrogen) atoms. The van der Waals surface area contributed by atoms with Gasteiger partial charge in [0.05, 0.1) is 0 Å². The van der Waals surface area contributed by atoms with E-state index in [9.17, 15) is 5.21 Å². The first-order valence-corrected chi connectivity index (χ1v) is 11.2. The van der Waals surface area contributed by atoms with Crippen LogP contribution in [0.3, 0.4) is 0 Å². The molecule has 0 aliphatic carbocycles. The van der Waals surface area contributed by atoms with Crippen molar-refractivity contribution in [2.45, 2.75) is 74.3 Å². The standard InChI is InChI=1S/C14H16N2O.C11H21N.C2H6/c1-10-4-6-13(7-5-10)12(3)15-14-11(2)8-9-16(14)17;1-6-8-10(3)12(5)11(4)9-7-2;1-2/h4-9,17H,1-3H3;7,9,11H,3,6,8H2,1-2,4-5H3;1-2H3/b15-12+;9-7-;. The van der Waals surface area contributed by atoms with Gasteiger partial charge in [0.25, 0.3) is 0 Å². The monoisotopic (exact) mass is 425 g/mol. The summed E-state index contributed by atoms with van der Waals surface area (Å²) in [6, 6.07) is 10.5. The molecule has 0 bridgehead atoms. The molecule has 2 aromatic rings. The van der Waals surface area contributed by atoms with E-state index in [-0.39, 0.29) is 0 Å². The summed E-state index contributed by atoms with van der Waals surface area (Å²) in [5.41, 5.74) is 5.36. The molecule has 0 saturated heterocycles. The lowest BCUT2D eigenvalue weighted by Gasteiger charge is -2.26. The van der Waals surface area contributed by atoms with Gasteiger partial charge in [0.2, 0.25) is 0 Å². The van der Waals surface area contributed by atoms with Gasteiger partial charge >= 0.3 is 0 Å². The van der Waals surface area contributed by atoms with E-state index in [2.05, 4.69) is 68.6 Å². The highest BCUT2D eigenvalue weighted by Crippen LogP contribution is 2.19. The van der Waals surface area contributed by atoms with Crippen molar-refractivity contribution < 1.29 is 5.21 Å². The molecule has 0 spiro atoms. The van der Waals surface area contributed by atoms with E-state index in [4.69, 9.17) is 0 Å². The van der Waals surface area contributed by atoms with E-state index in [1.54, 1.807) is 6.20 Å². The zero-order chi connectivity index (χ0) is 24.0. The summed E-state index contributed by atoms with van der Waals surface area (Å²) in [4.78, 5) is 6.67. The van der Waals surface area contributed by atoms with E-state index in [1.165, 1.54) is 17.7 Å². The number of allylic oxidation sites excluding steroid dienone is 2. The minimum Gasteiger partial charge on any atom is -0.427 e. The minimum atomic E-state index is 0.467. The van der Waals surface area contributed by atoms with Crippen molar-refractivity contribution in [1.29, 1.82) is 0 Å². The number of aromatic nitrogens is 1. The first-order chi connectivity index (χ1) is 14.7. The van der Waals surface area contributed by atoms with Gasteiger partial charge in [-0.3, -0.25) is 0 Å². The third-order valence-corrected chi connectivity index (χ3v) is 4.90. The molecule has 1 unspecified atom stereocenters. The smallest absolute Gasteiger partial charge is 0.171 e. The van der Waals surface area contributed by atoms with E-state index in [0.29, 0.717) is 11.9 Å². The van der Waals surface area contributed by atoms with E-state index in [0.717, 1.165) is 28.0 Å². The fourth-order valence-corrected chi connectivity index (χ4v) is 2.83. The van der Waals surface area contributed by atoms with Crippen LogP contribution in [0.2, 0.25) is 0 Å². The molecule has 1 N–H and O–H groups in total. The second-order valence-electron chi connectivity index (χ2n) is 7.42. The molecule has 0 amide bonds.